The highest BCUT2D eigenvalue weighted by atomic mass is 35.5. The van der Waals surface area contributed by atoms with Crippen LogP contribution >= 0.6 is 11.6 Å². The Hall–Kier alpha value is -2.61. The first-order chi connectivity index (χ1) is 10.7. The molecule has 0 atom stereocenters. The molecule has 3 heterocycles. The van der Waals surface area contributed by atoms with Crippen LogP contribution in [0.1, 0.15) is 23.3 Å². The number of anilines is 2. The summed E-state index contributed by atoms with van der Waals surface area (Å²) in [6.07, 6.45) is 3.56. The van der Waals surface area contributed by atoms with Crippen LogP contribution in [0.2, 0.25) is 5.28 Å². The molecule has 8 nitrogen and oxygen atoms in total. The van der Waals surface area contributed by atoms with Crippen LogP contribution in [-0.4, -0.2) is 32.1 Å². The Kier molecular flexibility index (Phi) is 2.97. The van der Waals surface area contributed by atoms with E-state index in [2.05, 4.69) is 30.8 Å². The minimum atomic E-state index is -0.174. The lowest BCUT2D eigenvalue weighted by molar-refractivity contribution is 0.0946. The summed E-state index contributed by atoms with van der Waals surface area (Å²) < 4.78 is 5.33. The van der Waals surface area contributed by atoms with Crippen LogP contribution in [0.15, 0.2) is 22.8 Å². The summed E-state index contributed by atoms with van der Waals surface area (Å²) in [4.78, 5) is 20.0. The molecular weight excluding hydrogens is 308 g/mol. The van der Waals surface area contributed by atoms with Crippen molar-refractivity contribution in [3.63, 3.8) is 0 Å². The fourth-order valence-electron chi connectivity index (χ4n) is 2.03. The number of carbonyl (C=O) groups is 1. The number of aromatic nitrogens is 4. The number of nitrogens with zero attached hydrogens (tertiary/aromatic N) is 3. The van der Waals surface area contributed by atoms with E-state index in [9.17, 15) is 4.79 Å². The number of rotatable bonds is 4. The fraction of sp³-hybridized carbons (Fsp3) is 0.231. The summed E-state index contributed by atoms with van der Waals surface area (Å²) in [5.74, 6) is 0.654. The summed E-state index contributed by atoms with van der Waals surface area (Å²) in [6.45, 7) is 0. The second-order valence-electron chi connectivity index (χ2n) is 5.02. The molecule has 1 saturated carbocycles. The van der Waals surface area contributed by atoms with Crippen LogP contribution in [0.4, 0.5) is 11.6 Å². The summed E-state index contributed by atoms with van der Waals surface area (Å²) in [6, 6.07) is 3.57. The van der Waals surface area contributed by atoms with Crippen molar-refractivity contribution in [3.05, 3.63) is 29.4 Å². The van der Waals surface area contributed by atoms with E-state index in [4.69, 9.17) is 16.0 Å². The van der Waals surface area contributed by atoms with Crippen LogP contribution in [0.5, 0.6) is 0 Å². The van der Waals surface area contributed by atoms with Gasteiger partial charge in [-0.25, -0.2) is 4.98 Å². The van der Waals surface area contributed by atoms with E-state index in [0.29, 0.717) is 28.4 Å². The summed E-state index contributed by atoms with van der Waals surface area (Å²) in [5.41, 5.74) is 1.44. The van der Waals surface area contributed by atoms with E-state index in [0.717, 1.165) is 12.8 Å². The van der Waals surface area contributed by atoms with Crippen molar-refractivity contribution in [2.45, 2.75) is 18.9 Å². The number of fused-ring (bicyclic) bond motifs is 1. The lowest BCUT2D eigenvalue weighted by Gasteiger charge is -2.02. The molecule has 3 aromatic rings. The van der Waals surface area contributed by atoms with Gasteiger partial charge >= 0.3 is 0 Å². The van der Waals surface area contributed by atoms with Gasteiger partial charge in [-0.2, -0.15) is 10.1 Å². The van der Waals surface area contributed by atoms with Crippen LogP contribution < -0.4 is 10.6 Å². The second kappa shape index (κ2) is 4.99. The Bertz CT molecular complexity index is 853. The van der Waals surface area contributed by atoms with Crippen molar-refractivity contribution in [3.8, 4) is 0 Å². The van der Waals surface area contributed by atoms with Gasteiger partial charge in [-0.05, 0) is 24.4 Å². The van der Waals surface area contributed by atoms with Gasteiger partial charge in [0.15, 0.2) is 17.2 Å². The van der Waals surface area contributed by atoms with Crippen molar-refractivity contribution in [1.29, 1.82) is 0 Å². The van der Waals surface area contributed by atoms with Crippen molar-refractivity contribution in [2.24, 2.45) is 0 Å². The molecule has 3 aromatic heterocycles. The Morgan fingerprint density at radius 1 is 1.41 bits per heavy atom. The first kappa shape index (κ1) is 13.1. The summed E-state index contributed by atoms with van der Waals surface area (Å²) in [7, 11) is 0. The molecule has 0 unspecified atom stereocenters. The average molecular weight is 319 g/mol. The summed E-state index contributed by atoms with van der Waals surface area (Å²) >= 11 is 5.87. The molecule has 0 saturated heterocycles. The maximum atomic E-state index is 11.9. The van der Waals surface area contributed by atoms with E-state index >= 15 is 0 Å². The van der Waals surface area contributed by atoms with Crippen LogP contribution in [0.3, 0.4) is 0 Å². The van der Waals surface area contributed by atoms with Crippen LogP contribution in [-0.2, 0) is 0 Å². The van der Waals surface area contributed by atoms with Gasteiger partial charge in [0.1, 0.15) is 11.2 Å². The number of H-pyrrole nitrogens is 1. The van der Waals surface area contributed by atoms with Gasteiger partial charge in [0.2, 0.25) is 5.28 Å². The van der Waals surface area contributed by atoms with Gasteiger partial charge in [-0.1, -0.05) is 0 Å². The Labute approximate surface area is 129 Å². The van der Waals surface area contributed by atoms with E-state index < -0.39 is 0 Å². The van der Waals surface area contributed by atoms with E-state index in [1.165, 1.54) is 6.26 Å². The zero-order valence-electron chi connectivity index (χ0n) is 11.3. The number of hydrogen-bond acceptors (Lipinski definition) is 6. The lowest BCUT2D eigenvalue weighted by atomic mass is 10.4. The number of halogens is 1. The van der Waals surface area contributed by atoms with E-state index in [1.807, 2.05) is 0 Å². The maximum absolute atomic E-state index is 11.9. The molecule has 1 aliphatic rings. The molecule has 9 heteroatoms. The number of carbonyl (C=O) groups excluding carboxylic acids is 1. The predicted molar refractivity (Wildman–Crippen MR) is 79.2 cm³/mol. The SMILES string of the molecule is O=C(NC1CC1)c1cc(Nc2nc(Cl)nc3ccoc23)n[nH]1. The standard InChI is InChI=1S/C13H11ClN6O2/c14-13-16-7-3-4-22-10(7)11(18-13)17-9-5-8(19-20-9)12(21)15-6-1-2-6/h3-6H,1-2H2,(H,15,21)(H2,16,17,18,19,20). The van der Waals surface area contributed by atoms with Crippen molar-refractivity contribution in [2.75, 3.05) is 5.32 Å². The second-order valence-corrected chi connectivity index (χ2v) is 5.35. The zero-order chi connectivity index (χ0) is 15.1. The Morgan fingerprint density at radius 2 is 2.27 bits per heavy atom. The molecule has 112 valence electrons. The molecule has 0 aliphatic heterocycles. The summed E-state index contributed by atoms with van der Waals surface area (Å²) in [5, 5.41) is 12.7. The van der Waals surface area contributed by atoms with Crippen molar-refractivity contribution >= 4 is 40.2 Å². The Balaban J connectivity index is 1.58. The predicted octanol–water partition coefficient (Wildman–Crippen LogP) is 2.24. The van der Waals surface area contributed by atoms with Gasteiger partial charge in [0.25, 0.3) is 5.91 Å². The first-order valence-electron chi connectivity index (χ1n) is 6.73. The monoisotopic (exact) mass is 318 g/mol. The van der Waals surface area contributed by atoms with Crippen LogP contribution in [0.25, 0.3) is 11.1 Å². The minimum absolute atomic E-state index is 0.0960. The molecule has 1 amide bonds. The first-order valence-corrected chi connectivity index (χ1v) is 7.11. The third-order valence-electron chi connectivity index (χ3n) is 3.26. The largest absolute Gasteiger partial charge is 0.459 e. The number of amides is 1. The number of furan rings is 1. The van der Waals surface area contributed by atoms with Gasteiger partial charge in [0, 0.05) is 18.2 Å². The topological polar surface area (TPSA) is 109 Å². The van der Waals surface area contributed by atoms with Gasteiger partial charge in [0.05, 0.1) is 6.26 Å². The number of aromatic amines is 1. The number of nitrogens with one attached hydrogen (secondary N) is 3. The maximum Gasteiger partial charge on any atom is 0.269 e. The Morgan fingerprint density at radius 3 is 3.09 bits per heavy atom. The lowest BCUT2D eigenvalue weighted by Crippen LogP contribution is -2.25. The van der Waals surface area contributed by atoms with Gasteiger partial charge < -0.3 is 15.1 Å². The van der Waals surface area contributed by atoms with Crippen LogP contribution in [0, 0.1) is 0 Å². The van der Waals surface area contributed by atoms with E-state index in [-0.39, 0.29) is 17.2 Å². The molecule has 0 radical (unpaired) electrons. The highest BCUT2D eigenvalue weighted by molar-refractivity contribution is 6.28. The third kappa shape index (κ3) is 2.48. The minimum Gasteiger partial charge on any atom is -0.459 e. The zero-order valence-corrected chi connectivity index (χ0v) is 12.0. The fourth-order valence-corrected chi connectivity index (χ4v) is 2.21. The molecule has 1 aliphatic carbocycles. The van der Waals surface area contributed by atoms with Crippen molar-refractivity contribution < 1.29 is 9.21 Å². The quantitative estimate of drug-likeness (QED) is 0.636. The average Bonchev–Trinajstić information content (AvgIpc) is 2.99. The van der Waals surface area contributed by atoms with Gasteiger partial charge in [-0.3, -0.25) is 9.89 Å². The highest BCUT2D eigenvalue weighted by Crippen LogP contribution is 2.25. The molecular formula is C13H11ClN6O2. The van der Waals surface area contributed by atoms with E-state index in [1.54, 1.807) is 12.1 Å². The van der Waals surface area contributed by atoms with Crippen molar-refractivity contribution in [1.82, 2.24) is 25.5 Å². The normalized spacial score (nSPS) is 14.2. The number of hydrogen-bond donors (Lipinski definition) is 3. The smallest absolute Gasteiger partial charge is 0.269 e. The molecule has 0 bridgehead atoms. The molecule has 1 fully saturated rings. The highest BCUT2D eigenvalue weighted by Gasteiger charge is 2.24. The van der Waals surface area contributed by atoms with Gasteiger partial charge in [-0.15, -0.1) is 0 Å². The molecule has 4 rings (SSSR count). The molecule has 22 heavy (non-hydrogen) atoms. The molecule has 0 spiro atoms. The molecule has 3 N–H and O–H groups in total. The molecule has 0 aromatic carbocycles. The third-order valence-corrected chi connectivity index (χ3v) is 3.43.